The van der Waals surface area contributed by atoms with E-state index in [0.29, 0.717) is 28.5 Å². The number of aryl methyl sites for hydroxylation is 1. The molecule has 5 rings (SSSR count). The Hall–Kier alpha value is -1.51. The molecule has 2 nitrogen and oxygen atoms in total. The summed E-state index contributed by atoms with van der Waals surface area (Å²) in [5.41, 5.74) is 4.69. The number of fused-ring (bicyclic) bond motifs is 5. The van der Waals surface area contributed by atoms with Gasteiger partial charge in [-0.3, -0.25) is 0 Å². The van der Waals surface area contributed by atoms with Crippen molar-refractivity contribution in [1.29, 1.82) is 0 Å². The van der Waals surface area contributed by atoms with Crippen LogP contribution in [0.4, 0.5) is 0 Å². The van der Waals surface area contributed by atoms with Crippen LogP contribution in [0, 0.1) is 17.3 Å². The van der Waals surface area contributed by atoms with E-state index in [4.69, 9.17) is 11.6 Å². The Bertz CT molecular complexity index is 892. The third-order valence-electron chi connectivity index (χ3n) is 7.93. The highest BCUT2D eigenvalue weighted by Crippen LogP contribution is 2.61. The van der Waals surface area contributed by atoms with Crippen LogP contribution in [0.2, 0.25) is 5.02 Å². The maximum Gasteiger partial charge on any atom is 0.123 e. The van der Waals surface area contributed by atoms with Crippen molar-refractivity contribution in [2.24, 2.45) is 17.3 Å². The molecule has 0 aromatic heterocycles. The second-order valence-corrected chi connectivity index (χ2v) is 9.57. The minimum atomic E-state index is -0.133. The maximum absolute atomic E-state index is 10.7. The number of hydrogen-bond acceptors (Lipinski definition) is 2. The van der Waals surface area contributed by atoms with Gasteiger partial charge >= 0.3 is 0 Å². The molecule has 2 fully saturated rings. The lowest BCUT2D eigenvalue weighted by molar-refractivity contribution is -0.0226. The van der Waals surface area contributed by atoms with Gasteiger partial charge in [0, 0.05) is 10.6 Å². The predicted molar refractivity (Wildman–Crippen MR) is 109 cm³/mol. The summed E-state index contributed by atoms with van der Waals surface area (Å²) in [4.78, 5) is 0. The van der Waals surface area contributed by atoms with Crippen LogP contribution in [0.5, 0.6) is 5.75 Å². The van der Waals surface area contributed by atoms with E-state index in [2.05, 4.69) is 13.0 Å². The average Bonchev–Trinajstić information content (AvgIpc) is 2.96. The quantitative estimate of drug-likeness (QED) is 0.641. The Kier molecular flexibility index (Phi) is 4.07. The second-order valence-electron chi connectivity index (χ2n) is 9.13. The first-order valence-corrected chi connectivity index (χ1v) is 10.6. The molecule has 2 aromatic carbocycles. The lowest BCUT2D eigenvalue weighted by atomic mass is 9.55. The van der Waals surface area contributed by atoms with Gasteiger partial charge in [0.25, 0.3) is 0 Å². The van der Waals surface area contributed by atoms with Crippen LogP contribution in [0.3, 0.4) is 0 Å². The molecule has 0 radical (unpaired) electrons. The summed E-state index contributed by atoms with van der Waals surface area (Å²) in [5, 5.41) is 21.9. The molecule has 0 amide bonds. The minimum absolute atomic E-state index is 0.103. The van der Waals surface area contributed by atoms with Crippen LogP contribution in [-0.4, -0.2) is 16.3 Å². The normalized spacial score (nSPS) is 34.6. The molecular weight excluding hydrogens is 356 g/mol. The lowest BCUT2D eigenvalue weighted by Crippen LogP contribution is -2.43. The number of halogens is 1. The average molecular weight is 383 g/mol. The van der Waals surface area contributed by atoms with E-state index in [9.17, 15) is 10.2 Å². The third kappa shape index (κ3) is 2.64. The highest BCUT2D eigenvalue weighted by atomic mass is 35.5. The van der Waals surface area contributed by atoms with E-state index in [1.807, 2.05) is 30.3 Å². The molecule has 2 N–H and O–H groups in total. The van der Waals surface area contributed by atoms with Gasteiger partial charge in [-0.1, -0.05) is 30.7 Å². The van der Waals surface area contributed by atoms with E-state index in [1.54, 1.807) is 0 Å². The molecule has 3 aliphatic carbocycles. The van der Waals surface area contributed by atoms with Gasteiger partial charge in [-0.2, -0.15) is 0 Å². The molecule has 0 unspecified atom stereocenters. The lowest BCUT2D eigenvalue weighted by Gasteiger charge is -2.50. The number of benzene rings is 2. The van der Waals surface area contributed by atoms with Crippen molar-refractivity contribution in [2.75, 3.05) is 0 Å². The smallest absolute Gasteiger partial charge is 0.123 e. The van der Waals surface area contributed by atoms with Crippen LogP contribution in [0.1, 0.15) is 56.1 Å². The molecule has 0 heterocycles. The summed E-state index contributed by atoms with van der Waals surface area (Å²) in [6.45, 7) is 2.31. The van der Waals surface area contributed by atoms with Crippen molar-refractivity contribution in [3.05, 3.63) is 52.5 Å². The molecule has 2 aromatic rings. The molecule has 0 bridgehead atoms. The number of aliphatic hydroxyl groups is 1. The fourth-order valence-electron chi connectivity index (χ4n) is 6.47. The minimum Gasteiger partial charge on any atom is -0.507 e. The summed E-state index contributed by atoms with van der Waals surface area (Å²) in [6.07, 6.45) is 6.44. The van der Waals surface area contributed by atoms with Gasteiger partial charge in [0.2, 0.25) is 0 Å². The number of aromatic hydroxyl groups is 1. The Balaban J connectivity index is 1.56. The zero-order valence-electron chi connectivity index (χ0n) is 15.8. The van der Waals surface area contributed by atoms with Crippen molar-refractivity contribution in [2.45, 2.75) is 57.5 Å². The summed E-state index contributed by atoms with van der Waals surface area (Å²) < 4.78 is 0. The first kappa shape index (κ1) is 17.6. The second kappa shape index (κ2) is 6.25. The van der Waals surface area contributed by atoms with E-state index in [1.165, 1.54) is 17.5 Å². The zero-order chi connectivity index (χ0) is 18.8. The van der Waals surface area contributed by atoms with Gasteiger partial charge < -0.3 is 10.2 Å². The number of aliphatic hydroxyl groups excluding tert-OH is 1. The molecule has 2 saturated carbocycles. The van der Waals surface area contributed by atoms with Crippen molar-refractivity contribution < 1.29 is 10.2 Å². The molecular formula is C24H27ClO2. The van der Waals surface area contributed by atoms with Crippen LogP contribution < -0.4 is 0 Å². The Morgan fingerprint density at radius 2 is 1.93 bits per heavy atom. The van der Waals surface area contributed by atoms with Crippen LogP contribution in [0.15, 0.2) is 36.4 Å². The van der Waals surface area contributed by atoms with Crippen molar-refractivity contribution in [3.8, 4) is 16.9 Å². The van der Waals surface area contributed by atoms with Crippen molar-refractivity contribution in [3.63, 3.8) is 0 Å². The molecule has 0 saturated heterocycles. The molecule has 27 heavy (non-hydrogen) atoms. The number of phenols is 1. The summed E-state index contributed by atoms with van der Waals surface area (Å²) in [6, 6.07) is 11.9. The van der Waals surface area contributed by atoms with Crippen LogP contribution in [0.25, 0.3) is 11.1 Å². The monoisotopic (exact) mass is 382 g/mol. The number of phenolic OH excluding ortho intramolecular Hbond substituents is 1. The molecule has 3 heteroatoms. The fraction of sp³-hybridized carbons (Fsp3) is 0.500. The molecule has 0 spiro atoms. The largest absolute Gasteiger partial charge is 0.507 e. The van der Waals surface area contributed by atoms with E-state index >= 15 is 0 Å². The predicted octanol–water partition coefficient (Wildman–Crippen LogP) is 5.93. The van der Waals surface area contributed by atoms with Gasteiger partial charge in [-0.05, 0) is 103 Å². The molecule has 0 aliphatic heterocycles. The SMILES string of the molecule is C[C@]12CC[C@@H]3c4cc(-c5cccc(Cl)c5)c(O)cc4CC[C@H]3[C@@H]1CC[C@@H]2O. The summed E-state index contributed by atoms with van der Waals surface area (Å²) in [7, 11) is 0. The highest BCUT2D eigenvalue weighted by Gasteiger charge is 2.54. The highest BCUT2D eigenvalue weighted by molar-refractivity contribution is 6.30. The Morgan fingerprint density at radius 3 is 2.74 bits per heavy atom. The Morgan fingerprint density at radius 1 is 1.07 bits per heavy atom. The Labute approximate surface area is 166 Å². The van der Waals surface area contributed by atoms with Crippen LogP contribution >= 0.6 is 11.6 Å². The van der Waals surface area contributed by atoms with Crippen LogP contribution in [-0.2, 0) is 6.42 Å². The fourth-order valence-corrected chi connectivity index (χ4v) is 6.66. The maximum atomic E-state index is 10.7. The third-order valence-corrected chi connectivity index (χ3v) is 8.16. The van der Waals surface area contributed by atoms with Gasteiger partial charge in [0.05, 0.1) is 6.10 Å². The summed E-state index contributed by atoms with van der Waals surface area (Å²) in [5.74, 6) is 2.19. The first-order chi connectivity index (χ1) is 13.0. The zero-order valence-corrected chi connectivity index (χ0v) is 16.5. The van der Waals surface area contributed by atoms with E-state index < -0.39 is 0 Å². The van der Waals surface area contributed by atoms with Gasteiger partial charge in [0.15, 0.2) is 0 Å². The van der Waals surface area contributed by atoms with E-state index in [0.717, 1.165) is 43.2 Å². The molecule has 142 valence electrons. The standard InChI is InChI=1S/C24H27ClO2/c1-24-10-9-17-18(21(24)7-8-23(24)27)6-5-15-12-22(26)20(13-19(15)17)14-3-2-4-16(25)11-14/h2-4,11-13,17-18,21,23,26-27H,5-10H2,1H3/t17-,18+,21-,23-,24-/m0/s1. The van der Waals surface area contributed by atoms with Gasteiger partial charge in [0.1, 0.15) is 5.75 Å². The van der Waals surface area contributed by atoms with E-state index in [-0.39, 0.29) is 11.5 Å². The topological polar surface area (TPSA) is 40.5 Å². The number of hydrogen-bond donors (Lipinski definition) is 2. The first-order valence-electron chi connectivity index (χ1n) is 10.3. The summed E-state index contributed by atoms with van der Waals surface area (Å²) >= 11 is 6.19. The van der Waals surface area contributed by atoms with Gasteiger partial charge in [-0.15, -0.1) is 0 Å². The van der Waals surface area contributed by atoms with Gasteiger partial charge in [-0.25, -0.2) is 0 Å². The van der Waals surface area contributed by atoms with Crippen molar-refractivity contribution >= 4 is 11.6 Å². The molecule has 5 atom stereocenters. The molecule has 3 aliphatic rings. The van der Waals surface area contributed by atoms with Crippen molar-refractivity contribution in [1.82, 2.24) is 0 Å². The number of rotatable bonds is 1.